The Bertz CT molecular complexity index is 918. The molecule has 142 valence electrons. The van der Waals surface area contributed by atoms with Gasteiger partial charge in [0.15, 0.2) is 5.76 Å². The van der Waals surface area contributed by atoms with Gasteiger partial charge in [-0.3, -0.25) is 0 Å². The van der Waals surface area contributed by atoms with E-state index < -0.39 is 0 Å². The first-order valence-corrected chi connectivity index (χ1v) is 10.9. The molecule has 1 unspecified atom stereocenters. The van der Waals surface area contributed by atoms with Crippen molar-refractivity contribution in [3.8, 4) is 22.7 Å². The van der Waals surface area contributed by atoms with Crippen LogP contribution in [0.1, 0.15) is 49.6 Å². The molecule has 0 saturated heterocycles. The van der Waals surface area contributed by atoms with E-state index in [2.05, 4.69) is 5.16 Å². The van der Waals surface area contributed by atoms with E-state index in [1.54, 1.807) is 23.5 Å². The van der Waals surface area contributed by atoms with Gasteiger partial charge in [-0.1, -0.05) is 60.5 Å². The number of benzene rings is 1. The predicted molar refractivity (Wildman–Crippen MR) is 111 cm³/mol. The lowest BCUT2D eigenvalue weighted by Crippen LogP contribution is -2.17. The highest BCUT2D eigenvalue weighted by Gasteiger charge is 2.21. The minimum atomic E-state index is -0.0139. The van der Waals surface area contributed by atoms with Crippen LogP contribution in [0.25, 0.3) is 22.7 Å². The number of hydrogen-bond donors (Lipinski definition) is 1. The molecule has 27 heavy (non-hydrogen) atoms. The summed E-state index contributed by atoms with van der Waals surface area (Å²) < 4.78 is 5.50. The first kappa shape index (κ1) is 18.9. The van der Waals surface area contributed by atoms with Gasteiger partial charge in [-0.2, -0.15) is 0 Å². The van der Waals surface area contributed by atoms with Gasteiger partial charge in [-0.05, 0) is 30.5 Å². The Balaban J connectivity index is 1.49. The minimum absolute atomic E-state index is 0.0139. The lowest BCUT2D eigenvalue weighted by molar-refractivity contribution is 0.319. The third kappa shape index (κ3) is 4.37. The molecule has 0 bridgehead atoms. The highest BCUT2D eigenvalue weighted by molar-refractivity contribution is 7.10. The number of aromatic nitrogens is 2. The maximum Gasteiger partial charge on any atom is 0.186 e. The zero-order chi connectivity index (χ0) is 18.8. The van der Waals surface area contributed by atoms with Crippen LogP contribution < -0.4 is 5.73 Å². The molecule has 3 aromatic rings. The zero-order valence-corrected chi connectivity index (χ0v) is 17.2. The SMILES string of the molecule is NC(CC1CCCCC1)c1nc(-c2cc(-c3ccc(Cl)cc3Cl)no2)cs1. The van der Waals surface area contributed by atoms with Gasteiger partial charge in [0, 0.05) is 22.0 Å². The molecule has 0 spiro atoms. The van der Waals surface area contributed by atoms with Crippen LogP contribution in [0.15, 0.2) is 34.2 Å². The molecule has 1 atom stereocenters. The van der Waals surface area contributed by atoms with Crippen molar-refractivity contribution in [3.63, 3.8) is 0 Å². The van der Waals surface area contributed by atoms with Gasteiger partial charge in [0.05, 0.1) is 11.1 Å². The highest BCUT2D eigenvalue weighted by Crippen LogP contribution is 2.35. The lowest BCUT2D eigenvalue weighted by atomic mass is 9.85. The Morgan fingerprint density at radius 2 is 1.96 bits per heavy atom. The molecule has 7 heteroatoms. The van der Waals surface area contributed by atoms with Crippen molar-refractivity contribution in [1.29, 1.82) is 0 Å². The van der Waals surface area contributed by atoms with Crippen LogP contribution in [0.2, 0.25) is 10.0 Å². The lowest BCUT2D eigenvalue weighted by Gasteiger charge is -2.23. The van der Waals surface area contributed by atoms with Crippen LogP contribution in [0.4, 0.5) is 0 Å². The number of nitrogens with zero attached hydrogens (tertiary/aromatic N) is 2. The Kier molecular flexibility index (Phi) is 5.83. The second-order valence-corrected chi connectivity index (χ2v) is 8.85. The first-order valence-electron chi connectivity index (χ1n) is 9.23. The van der Waals surface area contributed by atoms with Gasteiger partial charge in [0.2, 0.25) is 0 Å². The van der Waals surface area contributed by atoms with Crippen LogP contribution in [0, 0.1) is 5.92 Å². The molecule has 1 aliphatic carbocycles. The van der Waals surface area contributed by atoms with Gasteiger partial charge in [0.25, 0.3) is 0 Å². The Morgan fingerprint density at radius 3 is 2.74 bits per heavy atom. The molecule has 1 aromatic carbocycles. The van der Waals surface area contributed by atoms with E-state index in [0.29, 0.717) is 21.5 Å². The largest absolute Gasteiger partial charge is 0.354 e. The van der Waals surface area contributed by atoms with E-state index in [1.807, 2.05) is 17.5 Å². The van der Waals surface area contributed by atoms with Gasteiger partial charge in [-0.15, -0.1) is 11.3 Å². The molecule has 1 fully saturated rings. The monoisotopic (exact) mass is 421 g/mol. The topological polar surface area (TPSA) is 64.9 Å². The summed E-state index contributed by atoms with van der Waals surface area (Å²) in [6.07, 6.45) is 7.61. The second-order valence-electron chi connectivity index (χ2n) is 7.12. The van der Waals surface area contributed by atoms with Crippen molar-refractivity contribution in [3.05, 3.63) is 44.7 Å². The summed E-state index contributed by atoms with van der Waals surface area (Å²) in [4.78, 5) is 4.70. The van der Waals surface area contributed by atoms with Crippen molar-refractivity contribution in [2.75, 3.05) is 0 Å². The molecule has 4 rings (SSSR count). The average Bonchev–Trinajstić information content (AvgIpc) is 3.32. The van der Waals surface area contributed by atoms with Gasteiger partial charge in [0.1, 0.15) is 16.4 Å². The third-order valence-electron chi connectivity index (χ3n) is 5.12. The summed E-state index contributed by atoms with van der Waals surface area (Å²) in [5.41, 5.74) is 8.62. The molecule has 1 saturated carbocycles. The van der Waals surface area contributed by atoms with Crippen molar-refractivity contribution in [2.45, 2.75) is 44.6 Å². The summed E-state index contributed by atoms with van der Waals surface area (Å²) in [6, 6.07) is 7.14. The van der Waals surface area contributed by atoms with Crippen LogP contribution in [-0.4, -0.2) is 10.1 Å². The predicted octanol–water partition coefficient (Wildman–Crippen LogP) is 6.74. The Hall–Kier alpha value is -1.40. The number of hydrogen-bond acceptors (Lipinski definition) is 5. The summed E-state index contributed by atoms with van der Waals surface area (Å²) in [7, 11) is 0. The maximum atomic E-state index is 6.42. The van der Waals surface area contributed by atoms with Crippen molar-refractivity contribution in [2.24, 2.45) is 11.7 Å². The molecular formula is C20H21Cl2N3OS. The fraction of sp³-hybridized carbons (Fsp3) is 0.400. The average molecular weight is 422 g/mol. The van der Waals surface area contributed by atoms with E-state index in [4.69, 9.17) is 38.4 Å². The minimum Gasteiger partial charge on any atom is -0.354 e. The van der Waals surface area contributed by atoms with Gasteiger partial charge >= 0.3 is 0 Å². The highest BCUT2D eigenvalue weighted by atomic mass is 35.5. The Morgan fingerprint density at radius 1 is 1.15 bits per heavy atom. The maximum absolute atomic E-state index is 6.42. The molecule has 2 N–H and O–H groups in total. The van der Waals surface area contributed by atoms with Crippen molar-refractivity contribution < 1.29 is 4.52 Å². The zero-order valence-electron chi connectivity index (χ0n) is 14.8. The molecular weight excluding hydrogens is 401 g/mol. The first-order chi connectivity index (χ1) is 13.1. The quantitative estimate of drug-likeness (QED) is 0.494. The fourth-order valence-electron chi connectivity index (χ4n) is 3.67. The third-order valence-corrected chi connectivity index (χ3v) is 6.65. The molecule has 1 aliphatic rings. The molecule has 0 aliphatic heterocycles. The van der Waals surface area contributed by atoms with E-state index in [9.17, 15) is 0 Å². The normalized spacial score (nSPS) is 16.6. The van der Waals surface area contributed by atoms with E-state index in [-0.39, 0.29) is 6.04 Å². The van der Waals surface area contributed by atoms with Crippen LogP contribution >= 0.6 is 34.5 Å². The van der Waals surface area contributed by atoms with E-state index in [0.717, 1.165) is 28.6 Å². The molecule has 0 radical (unpaired) electrons. The summed E-state index contributed by atoms with van der Waals surface area (Å²) >= 11 is 13.8. The fourth-order valence-corrected chi connectivity index (χ4v) is 5.00. The smallest absolute Gasteiger partial charge is 0.186 e. The van der Waals surface area contributed by atoms with Crippen LogP contribution in [0.3, 0.4) is 0 Å². The van der Waals surface area contributed by atoms with Crippen LogP contribution in [-0.2, 0) is 0 Å². The number of nitrogens with two attached hydrogens (primary N) is 1. The summed E-state index contributed by atoms with van der Waals surface area (Å²) in [5, 5.41) is 8.19. The standard InChI is InChI=1S/C20H21Cl2N3OS/c21-13-6-7-14(15(22)9-13)17-10-19(26-25-17)18-11-27-20(24-18)16(23)8-12-4-2-1-3-5-12/h6-7,9-12,16H,1-5,8,23H2. The molecule has 2 heterocycles. The van der Waals surface area contributed by atoms with Crippen molar-refractivity contribution in [1.82, 2.24) is 10.1 Å². The van der Waals surface area contributed by atoms with Gasteiger partial charge in [-0.25, -0.2) is 4.98 Å². The molecule has 4 nitrogen and oxygen atoms in total. The molecule has 0 amide bonds. The van der Waals surface area contributed by atoms with E-state index >= 15 is 0 Å². The summed E-state index contributed by atoms with van der Waals surface area (Å²) in [6.45, 7) is 0. The number of thiazole rings is 1. The second kappa shape index (κ2) is 8.31. The number of rotatable bonds is 5. The van der Waals surface area contributed by atoms with E-state index in [1.165, 1.54) is 32.1 Å². The van der Waals surface area contributed by atoms with Crippen molar-refractivity contribution >= 4 is 34.5 Å². The Labute approximate surface area is 172 Å². The summed E-state index contributed by atoms with van der Waals surface area (Å²) in [5.74, 6) is 1.34. The number of halogens is 2. The van der Waals surface area contributed by atoms with Gasteiger partial charge < -0.3 is 10.3 Å². The molecule has 2 aromatic heterocycles. The van der Waals surface area contributed by atoms with Crippen LogP contribution in [0.5, 0.6) is 0 Å².